The minimum absolute atomic E-state index is 0.0679. The molecule has 0 fully saturated rings. The van der Waals surface area contributed by atoms with E-state index in [0.29, 0.717) is 19.0 Å². The molecule has 2 rings (SSSR count). The van der Waals surface area contributed by atoms with Gasteiger partial charge >= 0.3 is 0 Å². The highest BCUT2D eigenvalue weighted by atomic mass is 79.9. The first kappa shape index (κ1) is 12.5. The number of nitrogens with two attached hydrogens (primary N) is 1. The smallest absolute Gasteiger partial charge is 0.179 e. The Morgan fingerprint density at radius 2 is 2.18 bits per heavy atom. The molecule has 5 heteroatoms. The summed E-state index contributed by atoms with van der Waals surface area (Å²) in [5, 5.41) is 0. The van der Waals surface area contributed by atoms with Gasteiger partial charge in [0.2, 0.25) is 0 Å². The summed E-state index contributed by atoms with van der Waals surface area (Å²) < 4.78 is 17.4. The normalized spacial score (nSPS) is 15.5. The molecule has 1 unspecified atom stereocenters. The molecule has 1 aliphatic heterocycles. The van der Waals surface area contributed by atoms with E-state index in [1.54, 1.807) is 7.11 Å². The molecule has 0 bridgehead atoms. The van der Waals surface area contributed by atoms with Gasteiger partial charge in [-0.15, -0.1) is 0 Å². The molecule has 17 heavy (non-hydrogen) atoms. The number of fused-ring (bicyclic) bond motifs is 1. The van der Waals surface area contributed by atoms with Crippen LogP contribution in [0.1, 0.15) is 12.5 Å². The molecule has 1 atom stereocenters. The SMILES string of the molecule is COc1c(CC(C)N)cc2c(c1Br)OCCO2. The number of ether oxygens (including phenoxy) is 3. The van der Waals surface area contributed by atoms with Gasteiger partial charge in [-0.05, 0) is 35.3 Å². The van der Waals surface area contributed by atoms with Gasteiger partial charge < -0.3 is 19.9 Å². The van der Waals surface area contributed by atoms with E-state index in [1.165, 1.54) is 0 Å². The average Bonchev–Trinajstić information content (AvgIpc) is 2.29. The Morgan fingerprint density at radius 3 is 2.82 bits per heavy atom. The summed E-state index contributed by atoms with van der Waals surface area (Å²) in [6, 6.07) is 2.01. The molecule has 94 valence electrons. The second-order valence-corrected chi connectivity index (χ2v) is 4.88. The molecule has 0 spiro atoms. The van der Waals surface area contributed by atoms with E-state index in [0.717, 1.165) is 28.0 Å². The van der Waals surface area contributed by atoms with Crippen LogP contribution < -0.4 is 19.9 Å². The van der Waals surface area contributed by atoms with Gasteiger partial charge in [0.25, 0.3) is 0 Å². The third-order valence-corrected chi connectivity index (χ3v) is 3.27. The molecule has 0 radical (unpaired) electrons. The van der Waals surface area contributed by atoms with Crippen molar-refractivity contribution in [2.24, 2.45) is 5.73 Å². The van der Waals surface area contributed by atoms with Crippen LogP contribution in [0.15, 0.2) is 10.5 Å². The van der Waals surface area contributed by atoms with Crippen LogP contribution in [0.25, 0.3) is 0 Å². The minimum Gasteiger partial charge on any atom is -0.495 e. The monoisotopic (exact) mass is 301 g/mol. The van der Waals surface area contributed by atoms with Gasteiger partial charge in [0.15, 0.2) is 11.5 Å². The van der Waals surface area contributed by atoms with Crippen molar-refractivity contribution in [1.82, 2.24) is 0 Å². The maximum Gasteiger partial charge on any atom is 0.179 e. The minimum atomic E-state index is 0.0679. The lowest BCUT2D eigenvalue weighted by Gasteiger charge is -2.23. The van der Waals surface area contributed by atoms with Crippen molar-refractivity contribution in [3.63, 3.8) is 0 Å². The van der Waals surface area contributed by atoms with Crippen LogP contribution >= 0.6 is 15.9 Å². The van der Waals surface area contributed by atoms with Gasteiger partial charge in [0.05, 0.1) is 7.11 Å². The zero-order chi connectivity index (χ0) is 12.4. The Morgan fingerprint density at radius 1 is 1.47 bits per heavy atom. The number of hydrogen-bond acceptors (Lipinski definition) is 4. The molecule has 1 heterocycles. The summed E-state index contributed by atoms with van der Waals surface area (Å²) in [5.74, 6) is 2.23. The summed E-state index contributed by atoms with van der Waals surface area (Å²) >= 11 is 3.50. The second kappa shape index (κ2) is 5.14. The van der Waals surface area contributed by atoms with Gasteiger partial charge in [-0.25, -0.2) is 0 Å². The predicted molar refractivity (Wildman–Crippen MR) is 69.0 cm³/mol. The number of hydrogen-bond donors (Lipinski definition) is 1. The van der Waals surface area contributed by atoms with Crippen LogP contribution in [0.4, 0.5) is 0 Å². The van der Waals surface area contributed by atoms with Crippen LogP contribution in [-0.2, 0) is 6.42 Å². The van der Waals surface area contributed by atoms with Crippen molar-refractivity contribution in [2.75, 3.05) is 20.3 Å². The second-order valence-electron chi connectivity index (χ2n) is 4.09. The zero-order valence-corrected chi connectivity index (χ0v) is 11.5. The Balaban J connectivity index is 2.48. The summed E-state index contributed by atoms with van der Waals surface area (Å²) in [6.45, 7) is 3.09. The fourth-order valence-electron chi connectivity index (χ4n) is 1.90. The molecule has 0 saturated heterocycles. The van der Waals surface area contributed by atoms with Crippen LogP contribution in [0.2, 0.25) is 0 Å². The highest BCUT2D eigenvalue weighted by Gasteiger charge is 2.22. The summed E-state index contributed by atoms with van der Waals surface area (Å²) in [7, 11) is 1.64. The molecule has 0 aromatic heterocycles. The molecule has 1 aromatic rings. The van der Waals surface area contributed by atoms with Crippen molar-refractivity contribution in [2.45, 2.75) is 19.4 Å². The van der Waals surface area contributed by atoms with Crippen molar-refractivity contribution < 1.29 is 14.2 Å². The maximum atomic E-state index is 5.83. The Hall–Kier alpha value is -0.940. The Labute approximate surface area is 109 Å². The molecule has 1 aliphatic rings. The van der Waals surface area contributed by atoms with Crippen LogP contribution in [0.3, 0.4) is 0 Å². The van der Waals surface area contributed by atoms with Crippen LogP contribution in [0, 0.1) is 0 Å². The third-order valence-electron chi connectivity index (χ3n) is 2.55. The first-order valence-corrected chi connectivity index (χ1v) is 6.33. The average molecular weight is 302 g/mol. The van der Waals surface area contributed by atoms with Gasteiger partial charge in [0.1, 0.15) is 23.4 Å². The lowest BCUT2D eigenvalue weighted by Crippen LogP contribution is -2.20. The number of methoxy groups -OCH3 is 1. The lowest BCUT2D eigenvalue weighted by atomic mass is 10.1. The van der Waals surface area contributed by atoms with Crippen LogP contribution in [-0.4, -0.2) is 26.4 Å². The van der Waals surface area contributed by atoms with Crippen molar-refractivity contribution in [3.05, 3.63) is 16.1 Å². The van der Waals surface area contributed by atoms with E-state index in [9.17, 15) is 0 Å². The van der Waals surface area contributed by atoms with Crippen LogP contribution in [0.5, 0.6) is 17.2 Å². The molecule has 2 N–H and O–H groups in total. The number of benzene rings is 1. The molecule has 1 aromatic carbocycles. The van der Waals surface area contributed by atoms with Crippen molar-refractivity contribution >= 4 is 15.9 Å². The summed E-state index contributed by atoms with van der Waals surface area (Å²) in [5.41, 5.74) is 6.86. The van der Waals surface area contributed by atoms with E-state index < -0.39 is 0 Å². The Bertz CT molecular complexity index is 421. The lowest BCUT2D eigenvalue weighted by molar-refractivity contribution is 0.169. The van der Waals surface area contributed by atoms with E-state index in [2.05, 4.69) is 15.9 Å². The molecule has 0 aliphatic carbocycles. The quantitative estimate of drug-likeness (QED) is 0.929. The van der Waals surface area contributed by atoms with Crippen molar-refractivity contribution in [1.29, 1.82) is 0 Å². The molecule has 4 nitrogen and oxygen atoms in total. The highest BCUT2D eigenvalue weighted by molar-refractivity contribution is 9.10. The largest absolute Gasteiger partial charge is 0.495 e. The first-order chi connectivity index (χ1) is 8.13. The van der Waals surface area contributed by atoms with Gasteiger partial charge in [-0.1, -0.05) is 0 Å². The third kappa shape index (κ3) is 2.50. The standard InChI is InChI=1S/C12H16BrNO3/c1-7(14)5-8-6-9-12(17-4-3-16-9)10(13)11(8)15-2/h6-7H,3-5,14H2,1-2H3. The van der Waals surface area contributed by atoms with Gasteiger partial charge in [0, 0.05) is 11.6 Å². The van der Waals surface area contributed by atoms with E-state index in [4.69, 9.17) is 19.9 Å². The fraction of sp³-hybridized carbons (Fsp3) is 0.500. The number of rotatable bonds is 3. The summed E-state index contributed by atoms with van der Waals surface area (Å²) in [6.07, 6.45) is 0.735. The van der Waals surface area contributed by atoms with E-state index in [-0.39, 0.29) is 6.04 Å². The van der Waals surface area contributed by atoms with Crippen molar-refractivity contribution in [3.8, 4) is 17.2 Å². The number of halogens is 1. The summed E-state index contributed by atoms with van der Waals surface area (Å²) in [4.78, 5) is 0. The molecular weight excluding hydrogens is 286 g/mol. The topological polar surface area (TPSA) is 53.7 Å². The zero-order valence-electron chi connectivity index (χ0n) is 9.96. The van der Waals surface area contributed by atoms with E-state index in [1.807, 2.05) is 13.0 Å². The van der Waals surface area contributed by atoms with Gasteiger partial charge in [-0.3, -0.25) is 0 Å². The first-order valence-electron chi connectivity index (χ1n) is 5.54. The van der Waals surface area contributed by atoms with Gasteiger partial charge in [-0.2, -0.15) is 0 Å². The molecule has 0 saturated carbocycles. The molecular formula is C12H16BrNO3. The predicted octanol–water partition coefficient (Wildman–Crippen LogP) is 2.12. The Kier molecular flexibility index (Phi) is 3.79. The molecule has 0 amide bonds. The van der Waals surface area contributed by atoms with E-state index >= 15 is 0 Å². The fourth-order valence-corrected chi connectivity index (χ4v) is 2.62. The highest BCUT2D eigenvalue weighted by Crippen LogP contribution is 2.45. The maximum absolute atomic E-state index is 5.83.